The van der Waals surface area contributed by atoms with Gasteiger partial charge in [0.25, 0.3) is 11.6 Å². The van der Waals surface area contributed by atoms with Crippen LogP contribution in [-0.2, 0) is 10.8 Å². The highest BCUT2D eigenvalue weighted by molar-refractivity contribution is 7.85. The molecule has 1 saturated carbocycles. The fourth-order valence-electron chi connectivity index (χ4n) is 2.78. The minimum Gasteiger partial charge on any atom is -0.349 e. The minimum absolute atomic E-state index is 0.0130. The Morgan fingerprint density at radius 2 is 2.23 bits per heavy atom. The summed E-state index contributed by atoms with van der Waals surface area (Å²) in [4.78, 5) is 22.5. The van der Waals surface area contributed by atoms with Crippen LogP contribution >= 0.6 is 0 Å². The second kappa shape index (κ2) is 7.49. The molecule has 1 aromatic rings. The molecule has 0 aliphatic heterocycles. The molecule has 1 aromatic carbocycles. The minimum atomic E-state index is -0.844. The van der Waals surface area contributed by atoms with E-state index in [1.165, 1.54) is 18.2 Å². The van der Waals surface area contributed by atoms with Crippen molar-refractivity contribution in [2.75, 3.05) is 5.75 Å². The van der Waals surface area contributed by atoms with Gasteiger partial charge in [-0.25, -0.2) is 0 Å². The number of hydrogen-bond donors (Lipinski definition) is 1. The predicted molar refractivity (Wildman–Crippen MR) is 85.3 cm³/mol. The summed E-state index contributed by atoms with van der Waals surface area (Å²) < 4.78 is 11.9. The van der Waals surface area contributed by atoms with Crippen molar-refractivity contribution in [1.29, 1.82) is 0 Å². The third kappa shape index (κ3) is 4.13. The summed E-state index contributed by atoms with van der Waals surface area (Å²) in [5.41, 5.74) is 0.189. The molecule has 0 bridgehead atoms. The van der Waals surface area contributed by atoms with Gasteiger partial charge in [-0.3, -0.25) is 19.1 Å². The second-order valence-electron chi connectivity index (χ2n) is 5.44. The summed E-state index contributed by atoms with van der Waals surface area (Å²) >= 11 is 0. The summed E-state index contributed by atoms with van der Waals surface area (Å²) in [6, 6.07) is 5.69. The van der Waals surface area contributed by atoms with Gasteiger partial charge >= 0.3 is 0 Å². The van der Waals surface area contributed by atoms with E-state index >= 15 is 0 Å². The molecule has 120 valence electrons. The van der Waals surface area contributed by atoms with Gasteiger partial charge < -0.3 is 5.32 Å². The summed E-state index contributed by atoms with van der Waals surface area (Å²) in [5, 5.41) is 13.8. The molecule has 1 aliphatic carbocycles. The Labute approximate surface area is 131 Å². The van der Waals surface area contributed by atoms with Crippen LogP contribution in [0, 0.1) is 10.1 Å². The standard InChI is InChI=1S/C15H20N2O4S/c1-2-22(21)14-8-4-6-12(10-14)16-15(18)11-5-3-7-13(9-11)17(19)20/h3,5,7,9,12,14H,2,4,6,8,10H2,1H3,(H,16,18)/t12-,14+,22+/m1/s1. The lowest BCUT2D eigenvalue weighted by Gasteiger charge is -2.29. The van der Waals surface area contributed by atoms with Crippen molar-refractivity contribution in [2.45, 2.75) is 43.9 Å². The molecule has 0 aromatic heterocycles. The molecule has 0 unspecified atom stereocenters. The van der Waals surface area contributed by atoms with E-state index in [4.69, 9.17) is 0 Å². The molecule has 0 saturated heterocycles. The highest BCUT2D eigenvalue weighted by Gasteiger charge is 2.26. The van der Waals surface area contributed by atoms with Crippen molar-refractivity contribution in [3.63, 3.8) is 0 Å². The maximum Gasteiger partial charge on any atom is 0.270 e. The fraction of sp³-hybridized carbons (Fsp3) is 0.533. The molecule has 1 aliphatic rings. The van der Waals surface area contributed by atoms with Gasteiger partial charge in [0.2, 0.25) is 0 Å². The number of nitrogens with zero attached hydrogens (tertiary/aromatic N) is 1. The Morgan fingerprint density at radius 1 is 1.45 bits per heavy atom. The van der Waals surface area contributed by atoms with Crippen LogP contribution in [0.4, 0.5) is 5.69 Å². The Balaban J connectivity index is 2.01. The van der Waals surface area contributed by atoms with Gasteiger partial charge in [0.05, 0.1) is 4.92 Å². The zero-order valence-electron chi connectivity index (χ0n) is 12.5. The molecular formula is C15H20N2O4S. The van der Waals surface area contributed by atoms with E-state index in [0.717, 1.165) is 19.3 Å². The van der Waals surface area contributed by atoms with Crippen molar-refractivity contribution in [3.8, 4) is 0 Å². The molecule has 2 rings (SSSR count). The number of hydrogen-bond acceptors (Lipinski definition) is 4. The first-order valence-corrected chi connectivity index (χ1v) is 8.82. The summed E-state index contributed by atoms with van der Waals surface area (Å²) in [7, 11) is -0.844. The molecule has 1 fully saturated rings. The molecule has 0 spiro atoms. The zero-order chi connectivity index (χ0) is 16.1. The van der Waals surface area contributed by atoms with E-state index in [-0.39, 0.29) is 28.4 Å². The van der Waals surface area contributed by atoms with Crippen molar-refractivity contribution in [3.05, 3.63) is 39.9 Å². The Bertz CT molecular complexity index is 591. The molecule has 6 nitrogen and oxygen atoms in total. The van der Waals surface area contributed by atoms with E-state index in [9.17, 15) is 19.1 Å². The van der Waals surface area contributed by atoms with Gasteiger partial charge in [-0.2, -0.15) is 0 Å². The highest BCUT2D eigenvalue weighted by atomic mass is 32.2. The second-order valence-corrected chi connectivity index (χ2v) is 7.44. The van der Waals surface area contributed by atoms with Crippen LogP contribution in [0.1, 0.15) is 43.0 Å². The lowest BCUT2D eigenvalue weighted by molar-refractivity contribution is -0.384. The van der Waals surface area contributed by atoms with Gasteiger partial charge in [-0.15, -0.1) is 0 Å². The van der Waals surface area contributed by atoms with E-state index in [1.54, 1.807) is 6.07 Å². The van der Waals surface area contributed by atoms with Crippen molar-refractivity contribution >= 4 is 22.4 Å². The quantitative estimate of drug-likeness (QED) is 0.665. The lowest BCUT2D eigenvalue weighted by Crippen LogP contribution is -2.41. The number of nitro benzene ring substituents is 1. The largest absolute Gasteiger partial charge is 0.349 e. The Kier molecular flexibility index (Phi) is 5.65. The van der Waals surface area contributed by atoms with Gasteiger partial charge in [-0.1, -0.05) is 19.4 Å². The average molecular weight is 324 g/mol. The Morgan fingerprint density at radius 3 is 2.91 bits per heavy atom. The monoisotopic (exact) mass is 324 g/mol. The number of non-ortho nitro benzene ring substituents is 1. The molecular weight excluding hydrogens is 304 g/mol. The maximum absolute atomic E-state index is 12.2. The number of amides is 1. The van der Waals surface area contributed by atoms with E-state index in [2.05, 4.69) is 5.32 Å². The van der Waals surface area contributed by atoms with Gasteiger partial charge in [-0.05, 0) is 25.3 Å². The molecule has 7 heteroatoms. The molecule has 0 heterocycles. The van der Waals surface area contributed by atoms with Crippen molar-refractivity contribution in [2.24, 2.45) is 0 Å². The van der Waals surface area contributed by atoms with Crippen LogP contribution in [0.3, 0.4) is 0 Å². The van der Waals surface area contributed by atoms with Crippen molar-refractivity contribution in [1.82, 2.24) is 5.32 Å². The van der Waals surface area contributed by atoms with Crippen LogP contribution in [0.5, 0.6) is 0 Å². The number of carbonyl (C=O) groups is 1. The summed E-state index contributed by atoms with van der Waals surface area (Å²) in [6.07, 6.45) is 3.44. The van der Waals surface area contributed by atoms with Crippen LogP contribution in [0.2, 0.25) is 0 Å². The first kappa shape index (κ1) is 16.6. The van der Waals surface area contributed by atoms with E-state index in [1.807, 2.05) is 6.92 Å². The van der Waals surface area contributed by atoms with E-state index < -0.39 is 15.7 Å². The lowest BCUT2D eigenvalue weighted by atomic mass is 9.94. The summed E-state index contributed by atoms with van der Waals surface area (Å²) in [5.74, 6) is 0.326. The van der Waals surface area contributed by atoms with Gasteiger partial charge in [0.15, 0.2) is 0 Å². The molecule has 3 atom stereocenters. The number of nitrogens with one attached hydrogen (secondary N) is 1. The topological polar surface area (TPSA) is 89.3 Å². The number of nitro groups is 1. The zero-order valence-corrected chi connectivity index (χ0v) is 13.3. The number of benzene rings is 1. The average Bonchev–Trinajstić information content (AvgIpc) is 2.54. The smallest absolute Gasteiger partial charge is 0.270 e. The predicted octanol–water partition coefficient (Wildman–Crippen LogP) is 2.40. The first-order valence-electron chi connectivity index (χ1n) is 7.43. The molecule has 22 heavy (non-hydrogen) atoms. The van der Waals surface area contributed by atoms with Crippen LogP contribution < -0.4 is 5.32 Å². The van der Waals surface area contributed by atoms with Gasteiger partial charge in [0.1, 0.15) is 0 Å². The van der Waals surface area contributed by atoms with Gasteiger partial charge in [0, 0.05) is 45.5 Å². The van der Waals surface area contributed by atoms with Crippen LogP contribution in [0.15, 0.2) is 24.3 Å². The third-order valence-electron chi connectivity index (χ3n) is 3.94. The first-order chi connectivity index (χ1) is 10.5. The molecule has 1 amide bonds. The van der Waals surface area contributed by atoms with E-state index in [0.29, 0.717) is 12.2 Å². The van der Waals surface area contributed by atoms with Crippen LogP contribution in [-0.4, -0.2) is 32.1 Å². The normalized spacial score (nSPS) is 22.8. The maximum atomic E-state index is 12.2. The SMILES string of the molecule is CC[S@](=O)[C@H]1CCC[C@@H](NC(=O)c2cccc([N+](=O)[O-])c2)C1. The Hall–Kier alpha value is -1.76. The van der Waals surface area contributed by atoms with Crippen molar-refractivity contribution < 1.29 is 13.9 Å². The molecule has 1 N–H and O–H groups in total. The molecule has 0 radical (unpaired) electrons. The summed E-state index contributed by atoms with van der Waals surface area (Å²) in [6.45, 7) is 1.90. The number of carbonyl (C=O) groups excluding carboxylic acids is 1. The van der Waals surface area contributed by atoms with Crippen LogP contribution in [0.25, 0.3) is 0 Å². The highest BCUT2D eigenvalue weighted by Crippen LogP contribution is 2.23. The fourth-order valence-corrected chi connectivity index (χ4v) is 4.13. The third-order valence-corrected chi connectivity index (χ3v) is 5.68. The number of rotatable bonds is 5.